The zero-order chi connectivity index (χ0) is 17.9. The fourth-order valence-corrected chi connectivity index (χ4v) is 4.30. The topological polar surface area (TPSA) is 124 Å². The molecule has 0 saturated carbocycles. The summed E-state index contributed by atoms with van der Waals surface area (Å²) in [6.45, 7) is 0. The second-order valence-corrected chi connectivity index (χ2v) is 7.70. The summed E-state index contributed by atoms with van der Waals surface area (Å²) in [5.74, 6) is -2.28. The number of sulfone groups is 1. The van der Waals surface area contributed by atoms with Crippen LogP contribution in [0.2, 0.25) is 0 Å². The smallest absolute Gasteiger partial charge is 0.335 e. The lowest BCUT2D eigenvalue weighted by Gasteiger charge is -2.17. The molecule has 0 radical (unpaired) electrons. The minimum absolute atomic E-state index is 0.0779. The minimum atomic E-state index is -3.79. The highest BCUT2D eigenvalue weighted by Gasteiger charge is 2.30. The molecular weight excluding hydrogens is 346 g/mol. The molecular formula is C17H11NO6S. The number of hydrogen-bond donors (Lipinski definition) is 3. The third-order valence-electron chi connectivity index (χ3n) is 4.21. The number of aromatic carboxylic acids is 1. The summed E-state index contributed by atoms with van der Waals surface area (Å²) < 4.78 is 24.5. The summed E-state index contributed by atoms with van der Waals surface area (Å²) in [7, 11) is -3.79. The Labute approximate surface area is 141 Å². The van der Waals surface area contributed by atoms with Gasteiger partial charge in [-0.2, -0.15) is 0 Å². The van der Waals surface area contributed by atoms with Crippen molar-refractivity contribution in [2.75, 3.05) is 5.75 Å². The Morgan fingerprint density at radius 1 is 1.00 bits per heavy atom. The molecule has 126 valence electrons. The zero-order valence-corrected chi connectivity index (χ0v) is 13.4. The van der Waals surface area contributed by atoms with Gasteiger partial charge >= 0.3 is 5.97 Å². The van der Waals surface area contributed by atoms with E-state index >= 15 is 0 Å². The first-order chi connectivity index (χ1) is 11.8. The maximum atomic E-state index is 12.2. The maximum absolute atomic E-state index is 12.2. The van der Waals surface area contributed by atoms with E-state index < -0.39 is 21.6 Å². The number of carboxylic acids is 1. The van der Waals surface area contributed by atoms with Crippen LogP contribution in [0.4, 0.5) is 5.69 Å². The van der Waals surface area contributed by atoms with Crippen molar-refractivity contribution in [2.24, 2.45) is 4.99 Å². The standard InChI is InChI=1S/C17H11NO6S/c19-14-11-7-10-5-9(17(21)22)2-1-8(10)6-12(11)15(20)16-13(14)18-3-4-25(16,23)24/h1-3,5-7,19-20H,4H2,(H,21,22). The molecule has 0 saturated heterocycles. The summed E-state index contributed by atoms with van der Waals surface area (Å²) >= 11 is 0. The van der Waals surface area contributed by atoms with Crippen LogP contribution in [0.25, 0.3) is 21.5 Å². The van der Waals surface area contributed by atoms with Crippen LogP contribution in [0, 0.1) is 0 Å². The summed E-state index contributed by atoms with van der Waals surface area (Å²) in [6.07, 6.45) is 1.16. The summed E-state index contributed by atoms with van der Waals surface area (Å²) in [6, 6.07) is 7.42. The van der Waals surface area contributed by atoms with Crippen molar-refractivity contribution in [3.05, 3.63) is 35.9 Å². The number of nitrogens with zero attached hydrogens (tertiary/aromatic N) is 1. The molecule has 3 aromatic carbocycles. The number of aliphatic imine (C=N–C) groups is 1. The molecule has 4 rings (SSSR count). The van der Waals surface area contributed by atoms with Gasteiger partial charge in [0.05, 0.1) is 11.3 Å². The number of benzene rings is 3. The lowest BCUT2D eigenvalue weighted by Crippen LogP contribution is -2.12. The van der Waals surface area contributed by atoms with Gasteiger partial charge in [0.25, 0.3) is 0 Å². The van der Waals surface area contributed by atoms with Crippen molar-refractivity contribution in [1.29, 1.82) is 0 Å². The SMILES string of the molecule is O=C(O)c1ccc2cc3c(O)c4c(c(O)c3cc2c1)N=CCS4(=O)=O. The van der Waals surface area contributed by atoms with Crippen molar-refractivity contribution in [2.45, 2.75) is 4.90 Å². The second-order valence-electron chi connectivity index (χ2n) is 5.73. The molecule has 0 aromatic heterocycles. The van der Waals surface area contributed by atoms with Crippen molar-refractivity contribution < 1.29 is 28.5 Å². The van der Waals surface area contributed by atoms with E-state index in [1.807, 2.05) is 0 Å². The second kappa shape index (κ2) is 4.93. The molecule has 25 heavy (non-hydrogen) atoms. The van der Waals surface area contributed by atoms with Gasteiger partial charge in [0, 0.05) is 17.0 Å². The quantitative estimate of drug-likeness (QED) is 0.454. The molecule has 1 heterocycles. The van der Waals surface area contributed by atoms with E-state index in [9.17, 15) is 23.4 Å². The Kier molecular flexibility index (Phi) is 3.04. The molecule has 3 aromatic rings. The van der Waals surface area contributed by atoms with Gasteiger partial charge < -0.3 is 15.3 Å². The summed E-state index contributed by atoms with van der Waals surface area (Å²) in [4.78, 5) is 14.6. The number of phenolic OH excluding ortho intramolecular Hbond substituents is 2. The fourth-order valence-electron chi connectivity index (χ4n) is 3.02. The number of aromatic hydroxyl groups is 2. The Balaban J connectivity index is 2.17. The number of carboxylic acid groups (broad SMARTS) is 1. The van der Waals surface area contributed by atoms with E-state index in [2.05, 4.69) is 4.99 Å². The maximum Gasteiger partial charge on any atom is 0.335 e. The Morgan fingerprint density at radius 2 is 1.68 bits per heavy atom. The summed E-state index contributed by atoms with van der Waals surface area (Å²) in [5.41, 5.74) is -0.126. The molecule has 0 atom stereocenters. The molecule has 1 aliphatic heterocycles. The number of hydrogen-bond acceptors (Lipinski definition) is 6. The van der Waals surface area contributed by atoms with Crippen molar-refractivity contribution in [1.82, 2.24) is 0 Å². The molecule has 0 amide bonds. The average molecular weight is 357 g/mol. The molecule has 0 fully saturated rings. The van der Waals surface area contributed by atoms with Crippen LogP contribution in [0.1, 0.15) is 10.4 Å². The molecule has 0 aliphatic carbocycles. The lowest BCUT2D eigenvalue weighted by atomic mass is 9.99. The first-order valence-corrected chi connectivity index (χ1v) is 8.89. The number of fused-ring (bicyclic) bond motifs is 3. The van der Waals surface area contributed by atoms with E-state index in [-0.39, 0.29) is 38.4 Å². The Hall–Kier alpha value is -3.13. The number of rotatable bonds is 1. The minimum Gasteiger partial charge on any atom is -0.506 e. The zero-order valence-electron chi connectivity index (χ0n) is 12.6. The molecule has 3 N–H and O–H groups in total. The largest absolute Gasteiger partial charge is 0.506 e. The van der Waals surface area contributed by atoms with E-state index in [1.54, 1.807) is 6.07 Å². The van der Waals surface area contributed by atoms with Crippen molar-refractivity contribution in [3.63, 3.8) is 0 Å². The Morgan fingerprint density at radius 3 is 2.40 bits per heavy atom. The van der Waals surface area contributed by atoms with Crippen LogP contribution < -0.4 is 0 Å². The molecule has 7 nitrogen and oxygen atoms in total. The highest BCUT2D eigenvalue weighted by atomic mass is 32.2. The van der Waals surface area contributed by atoms with Crippen molar-refractivity contribution in [3.8, 4) is 11.5 Å². The normalized spacial score (nSPS) is 15.4. The van der Waals surface area contributed by atoms with Gasteiger partial charge in [-0.25, -0.2) is 13.2 Å². The van der Waals surface area contributed by atoms with Gasteiger partial charge in [0.1, 0.15) is 16.3 Å². The van der Waals surface area contributed by atoms with Crippen LogP contribution in [0.5, 0.6) is 11.5 Å². The van der Waals surface area contributed by atoms with Gasteiger partial charge in [-0.3, -0.25) is 4.99 Å². The molecule has 1 aliphatic rings. The van der Waals surface area contributed by atoms with Crippen LogP contribution in [-0.2, 0) is 9.84 Å². The third-order valence-corrected chi connectivity index (χ3v) is 5.81. The van der Waals surface area contributed by atoms with E-state index in [0.29, 0.717) is 10.8 Å². The monoisotopic (exact) mass is 357 g/mol. The van der Waals surface area contributed by atoms with Gasteiger partial charge in [-0.1, -0.05) is 6.07 Å². The van der Waals surface area contributed by atoms with Crippen molar-refractivity contribution >= 4 is 49.3 Å². The third kappa shape index (κ3) is 2.14. The lowest BCUT2D eigenvalue weighted by molar-refractivity contribution is 0.0697. The Bertz CT molecular complexity index is 1230. The fraction of sp³-hybridized carbons (Fsp3) is 0.0588. The van der Waals surface area contributed by atoms with Crippen LogP contribution in [0.15, 0.2) is 40.2 Å². The predicted octanol–water partition coefficient (Wildman–Crippen LogP) is 2.59. The average Bonchev–Trinajstić information content (AvgIpc) is 2.56. The predicted molar refractivity (Wildman–Crippen MR) is 91.9 cm³/mol. The first-order valence-electron chi connectivity index (χ1n) is 7.23. The van der Waals surface area contributed by atoms with Gasteiger partial charge in [-0.05, 0) is 35.0 Å². The number of phenols is 2. The first kappa shape index (κ1) is 15.4. The van der Waals surface area contributed by atoms with E-state index in [4.69, 9.17) is 5.11 Å². The van der Waals surface area contributed by atoms with Gasteiger partial charge in [-0.15, -0.1) is 0 Å². The number of carbonyl (C=O) groups is 1. The van der Waals surface area contributed by atoms with E-state index in [1.165, 1.54) is 24.3 Å². The summed E-state index contributed by atoms with van der Waals surface area (Å²) in [5, 5.41) is 31.6. The molecule has 0 bridgehead atoms. The van der Waals surface area contributed by atoms with Crippen LogP contribution >= 0.6 is 0 Å². The molecule has 8 heteroatoms. The molecule has 0 spiro atoms. The highest BCUT2D eigenvalue weighted by molar-refractivity contribution is 7.92. The molecule has 0 unspecified atom stereocenters. The van der Waals surface area contributed by atoms with Crippen LogP contribution in [-0.4, -0.2) is 41.7 Å². The van der Waals surface area contributed by atoms with Crippen LogP contribution in [0.3, 0.4) is 0 Å². The highest BCUT2D eigenvalue weighted by Crippen LogP contribution is 2.49. The van der Waals surface area contributed by atoms with E-state index in [0.717, 1.165) is 6.21 Å². The van der Waals surface area contributed by atoms with Gasteiger partial charge in [0.2, 0.25) is 0 Å². The van der Waals surface area contributed by atoms with Gasteiger partial charge in [0.15, 0.2) is 15.6 Å².